The van der Waals surface area contributed by atoms with Gasteiger partial charge in [-0.05, 0) is 83.5 Å². The molecule has 0 unspecified atom stereocenters. The lowest BCUT2D eigenvalue weighted by Gasteiger charge is -2.17. The van der Waals surface area contributed by atoms with Crippen molar-refractivity contribution in [1.29, 1.82) is 0 Å². The maximum atomic E-state index is 5.65. The fraction of sp³-hybridized carbons (Fsp3) is 0. The Morgan fingerprint density at radius 2 is 0.688 bits per heavy atom. The normalized spacial score (nSPS) is 11.8. The molecule has 48 heavy (non-hydrogen) atoms. The predicted octanol–water partition coefficient (Wildman–Crippen LogP) is 13.0. The Hall–Kier alpha value is -6.31. The molecule has 9 aromatic carbocycles. The van der Waals surface area contributed by atoms with Crippen molar-refractivity contribution in [2.45, 2.75) is 0 Å². The summed E-state index contributed by atoms with van der Waals surface area (Å²) in [5, 5.41) is 13.5. The van der Waals surface area contributed by atoms with Crippen molar-refractivity contribution in [3.05, 3.63) is 176 Å². The summed E-state index contributed by atoms with van der Waals surface area (Å²) >= 11 is 0. The first-order chi connectivity index (χ1) is 23.8. The second-order valence-corrected chi connectivity index (χ2v) is 12.7. The second-order valence-electron chi connectivity index (χ2n) is 12.7. The van der Waals surface area contributed by atoms with Crippen molar-refractivity contribution in [2.24, 2.45) is 0 Å². The SMILES string of the molecule is c1ccc2c(-c3cc(-c4cccc5ccccc45)cc(-c4nc5c6ccccc6c6ccccc6c5c5ccccc45)c3)cccc2c1. The Morgan fingerprint density at radius 3 is 1.27 bits per heavy atom. The van der Waals surface area contributed by atoms with Crippen molar-refractivity contribution in [3.8, 4) is 33.5 Å². The highest BCUT2D eigenvalue weighted by Gasteiger charge is 2.18. The molecule has 0 amide bonds. The minimum atomic E-state index is 1.00. The first kappa shape index (κ1) is 26.9. The van der Waals surface area contributed by atoms with Crippen LogP contribution in [0.5, 0.6) is 0 Å². The number of benzene rings is 9. The van der Waals surface area contributed by atoms with E-state index >= 15 is 0 Å². The topological polar surface area (TPSA) is 12.9 Å². The Balaban J connectivity index is 1.35. The van der Waals surface area contributed by atoms with Gasteiger partial charge in [-0.15, -0.1) is 0 Å². The van der Waals surface area contributed by atoms with Gasteiger partial charge in [-0.1, -0.05) is 158 Å². The molecular formula is C47H29N. The Bertz CT molecular complexity index is 2790. The molecule has 1 aromatic heterocycles. The van der Waals surface area contributed by atoms with Crippen LogP contribution in [0.15, 0.2) is 176 Å². The molecule has 1 heterocycles. The van der Waals surface area contributed by atoms with Gasteiger partial charge in [-0.25, -0.2) is 4.98 Å². The molecule has 0 aliphatic rings. The van der Waals surface area contributed by atoms with Crippen LogP contribution in [0, 0.1) is 0 Å². The van der Waals surface area contributed by atoms with Crippen LogP contribution < -0.4 is 0 Å². The summed E-state index contributed by atoms with van der Waals surface area (Å²) in [6.07, 6.45) is 0. The van der Waals surface area contributed by atoms with Gasteiger partial charge in [-0.3, -0.25) is 0 Å². The molecule has 1 nitrogen and oxygen atoms in total. The number of rotatable bonds is 3. The number of nitrogens with zero attached hydrogens (tertiary/aromatic N) is 1. The third-order valence-electron chi connectivity index (χ3n) is 9.99. The Kier molecular flexibility index (Phi) is 5.94. The van der Waals surface area contributed by atoms with Gasteiger partial charge in [0.1, 0.15) is 0 Å². The van der Waals surface area contributed by atoms with Crippen LogP contribution >= 0.6 is 0 Å². The van der Waals surface area contributed by atoms with Crippen LogP contribution in [0.25, 0.3) is 98.3 Å². The maximum absolute atomic E-state index is 5.65. The second kappa shape index (κ2) is 10.6. The molecule has 0 bridgehead atoms. The summed E-state index contributed by atoms with van der Waals surface area (Å²) in [6.45, 7) is 0. The third kappa shape index (κ3) is 4.08. The third-order valence-corrected chi connectivity index (χ3v) is 9.99. The lowest BCUT2D eigenvalue weighted by molar-refractivity contribution is 1.44. The summed E-state index contributed by atoms with van der Waals surface area (Å²) < 4.78 is 0. The number of aromatic nitrogens is 1. The highest BCUT2D eigenvalue weighted by atomic mass is 14.7. The first-order valence-electron chi connectivity index (χ1n) is 16.6. The van der Waals surface area contributed by atoms with Gasteiger partial charge >= 0.3 is 0 Å². The molecule has 0 aliphatic carbocycles. The zero-order chi connectivity index (χ0) is 31.6. The Morgan fingerprint density at radius 1 is 0.292 bits per heavy atom. The first-order valence-corrected chi connectivity index (χ1v) is 16.6. The predicted molar refractivity (Wildman–Crippen MR) is 206 cm³/mol. The van der Waals surface area contributed by atoms with Gasteiger partial charge in [0, 0.05) is 21.7 Å². The minimum absolute atomic E-state index is 1.00. The maximum Gasteiger partial charge on any atom is 0.0800 e. The van der Waals surface area contributed by atoms with E-state index in [1.54, 1.807) is 0 Å². The van der Waals surface area contributed by atoms with Crippen LogP contribution in [0.3, 0.4) is 0 Å². The molecule has 0 saturated carbocycles. The molecule has 0 N–H and O–H groups in total. The van der Waals surface area contributed by atoms with E-state index in [1.807, 2.05) is 0 Å². The summed E-state index contributed by atoms with van der Waals surface area (Å²) in [6, 6.07) is 63.9. The average Bonchev–Trinajstić information content (AvgIpc) is 3.17. The molecule has 10 aromatic rings. The molecule has 10 rings (SSSR count). The molecule has 0 aliphatic heterocycles. The highest BCUT2D eigenvalue weighted by molar-refractivity contribution is 6.31. The van der Waals surface area contributed by atoms with Crippen molar-refractivity contribution >= 4 is 64.8 Å². The molecule has 0 saturated heterocycles. The van der Waals surface area contributed by atoms with Crippen molar-refractivity contribution in [3.63, 3.8) is 0 Å². The zero-order valence-electron chi connectivity index (χ0n) is 26.2. The van der Waals surface area contributed by atoms with Crippen LogP contribution in [0.4, 0.5) is 0 Å². The van der Waals surface area contributed by atoms with Crippen molar-refractivity contribution in [2.75, 3.05) is 0 Å². The van der Waals surface area contributed by atoms with Gasteiger partial charge in [0.25, 0.3) is 0 Å². The zero-order valence-corrected chi connectivity index (χ0v) is 26.2. The van der Waals surface area contributed by atoms with E-state index in [0.29, 0.717) is 0 Å². The van der Waals surface area contributed by atoms with Crippen molar-refractivity contribution < 1.29 is 0 Å². The lowest BCUT2D eigenvalue weighted by atomic mass is 9.89. The van der Waals surface area contributed by atoms with E-state index in [4.69, 9.17) is 4.98 Å². The van der Waals surface area contributed by atoms with E-state index in [1.165, 1.54) is 76.1 Å². The van der Waals surface area contributed by atoms with Crippen LogP contribution in [0.1, 0.15) is 0 Å². The van der Waals surface area contributed by atoms with Gasteiger partial charge in [0.15, 0.2) is 0 Å². The molecule has 222 valence electrons. The number of pyridine rings is 1. The molecule has 0 radical (unpaired) electrons. The van der Waals surface area contributed by atoms with Crippen molar-refractivity contribution in [1.82, 2.24) is 4.98 Å². The lowest BCUT2D eigenvalue weighted by Crippen LogP contribution is -1.94. The van der Waals surface area contributed by atoms with E-state index in [2.05, 4.69) is 176 Å². The molecular weight excluding hydrogens is 579 g/mol. The van der Waals surface area contributed by atoms with Crippen LogP contribution in [-0.2, 0) is 0 Å². The number of hydrogen-bond donors (Lipinski definition) is 0. The van der Waals surface area contributed by atoms with E-state index < -0.39 is 0 Å². The summed E-state index contributed by atoms with van der Waals surface area (Å²) in [5.41, 5.74) is 7.96. The van der Waals surface area contributed by atoms with Crippen LogP contribution in [0.2, 0.25) is 0 Å². The quantitative estimate of drug-likeness (QED) is 0.182. The van der Waals surface area contributed by atoms with E-state index in [0.717, 1.165) is 22.2 Å². The standard InChI is InChI=1S/C47H29N/c1-3-17-35-30(13-1)15-11-25-37(35)32-27-33(38-26-12-16-31-14-2-4-18-36(31)38)29-34(28-32)46-44-24-10-8-22-42(44)45-41-21-7-5-19-39(41)40-20-6-9-23-43(40)47(45)48-46/h1-29H. The van der Waals surface area contributed by atoms with Gasteiger partial charge in [0.2, 0.25) is 0 Å². The van der Waals surface area contributed by atoms with Gasteiger partial charge < -0.3 is 0 Å². The molecule has 0 spiro atoms. The summed E-state index contributed by atoms with van der Waals surface area (Å²) in [5.74, 6) is 0. The summed E-state index contributed by atoms with van der Waals surface area (Å²) in [7, 11) is 0. The van der Waals surface area contributed by atoms with Crippen LogP contribution in [-0.4, -0.2) is 4.98 Å². The highest BCUT2D eigenvalue weighted by Crippen LogP contribution is 2.43. The fourth-order valence-corrected chi connectivity index (χ4v) is 7.84. The smallest absolute Gasteiger partial charge is 0.0800 e. The van der Waals surface area contributed by atoms with E-state index in [9.17, 15) is 0 Å². The molecule has 0 fully saturated rings. The Labute approximate surface area is 278 Å². The average molecular weight is 608 g/mol. The number of fused-ring (bicyclic) bond motifs is 10. The van der Waals surface area contributed by atoms with Gasteiger partial charge in [-0.2, -0.15) is 0 Å². The molecule has 1 heteroatoms. The number of hydrogen-bond acceptors (Lipinski definition) is 1. The minimum Gasteiger partial charge on any atom is -0.246 e. The van der Waals surface area contributed by atoms with Gasteiger partial charge in [0.05, 0.1) is 11.2 Å². The fourth-order valence-electron chi connectivity index (χ4n) is 7.84. The largest absolute Gasteiger partial charge is 0.246 e. The van der Waals surface area contributed by atoms with E-state index in [-0.39, 0.29) is 0 Å². The summed E-state index contributed by atoms with van der Waals surface area (Å²) in [4.78, 5) is 5.65. The monoisotopic (exact) mass is 607 g/mol. The molecule has 0 atom stereocenters.